The Kier molecular flexibility index (Phi) is 4.85. The van der Waals surface area contributed by atoms with E-state index in [9.17, 15) is 4.79 Å². The largest absolute Gasteiger partial charge is 0.299 e. The molecule has 0 saturated carbocycles. The molecule has 0 aliphatic heterocycles. The highest BCUT2D eigenvalue weighted by atomic mass is 16.1. The van der Waals surface area contributed by atoms with Crippen LogP contribution in [0.4, 0.5) is 0 Å². The van der Waals surface area contributed by atoms with E-state index in [-0.39, 0.29) is 11.7 Å². The predicted octanol–water partition coefficient (Wildman–Crippen LogP) is 3.78. The first-order valence-electron chi connectivity index (χ1n) is 6.75. The molecule has 0 N–H and O–H groups in total. The Morgan fingerprint density at radius 1 is 1.11 bits per heavy atom. The normalized spacial score (nSPS) is 12.1. The van der Waals surface area contributed by atoms with Crippen LogP contribution in [0, 0.1) is 0 Å². The number of benzene rings is 1. The van der Waals surface area contributed by atoms with Crippen molar-refractivity contribution >= 4 is 5.78 Å². The van der Waals surface area contributed by atoms with Gasteiger partial charge in [-0.05, 0) is 37.5 Å². The van der Waals surface area contributed by atoms with Crippen LogP contribution in [0.25, 0.3) is 0 Å². The molecule has 0 radical (unpaired) electrons. The number of ketones is 1. The molecule has 0 bridgehead atoms. The van der Waals surface area contributed by atoms with Crippen molar-refractivity contribution in [1.29, 1.82) is 0 Å². The van der Waals surface area contributed by atoms with Crippen LogP contribution >= 0.6 is 0 Å². The van der Waals surface area contributed by atoms with Gasteiger partial charge in [0.15, 0.2) is 0 Å². The minimum absolute atomic E-state index is 0.100. The first-order chi connectivity index (χ1) is 9.27. The second kappa shape index (κ2) is 6.83. The van der Waals surface area contributed by atoms with Gasteiger partial charge in [-0.15, -0.1) is 0 Å². The average Bonchev–Trinajstić information content (AvgIpc) is 2.48. The molecule has 0 amide bonds. The van der Waals surface area contributed by atoms with E-state index in [1.165, 1.54) is 5.56 Å². The molecular weight excluding hydrogens is 234 g/mol. The number of hydrogen-bond acceptors (Lipinski definition) is 2. The van der Waals surface area contributed by atoms with Crippen molar-refractivity contribution < 1.29 is 4.79 Å². The summed E-state index contributed by atoms with van der Waals surface area (Å²) in [5, 5.41) is 0. The maximum atomic E-state index is 12.1. The summed E-state index contributed by atoms with van der Waals surface area (Å²) in [6.45, 7) is 1.94. The first-order valence-corrected chi connectivity index (χ1v) is 6.75. The summed E-state index contributed by atoms with van der Waals surface area (Å²) in [6.07, 6.45) is 4.22. The van der Waals surface area contributed by atoms with Gasteiger partial charge < -0.3 is 0 Å². The van der Waals surface area contributed by atoms with Crippen molar-refractivity contribution in [2.24, 2.45) is 0 Å². The molecule has 0 aliphatic rings. The van der Waals surface area contributed by atoms with Crippen LogP contribution in [0.15, 0.2) is 54.7 Å². The van der Waals surface area contributed by atoms with Crippen molar-refractivity contribution in [2.45, 2.75) is 32.1 Å². The average molecular weight is 253 g/mol. The molecule has 0 saturated heterocycles. The summed E-state index contributed by atoms with van der Waals surface area (Å²) in [4.78, 5) is 16.3. The van der Waals surface area contributed by atoms with Gasteiger partial charge in [0.05, 0.1) is 11.6 Å². The molecule has 98 valence electrons. The fourth-order valence-electron chi connectivity index (χ4n) is 2.12. The minimum atomic E-state index is -0.100. The van der Waals surface area contributed by atoms with Crippen LogP contribution in [0.5, 0.6) is 0 Å². The molecular formula is C17H19NO. The van der Waals surface area contributed by atoms with Gasteiger partial charge >= 0.3 is 0 Å². The molecule has 19 heavy (non-hydrogen) atoms. The van der Waals surface area contributed by atoms with E-state index in [0.717, 1.165) is 18.5 Å². The van der Waals surface area contributed by atoms with Gasteiger partial charge in [-0.2, -0.15) is 0 Å². The summed E-state index contributed by atoms with van der Waals surface area (Å²) >= 11 is 0. The zero-order valence-corrected chi connectivity index (χ0v) is 11.3. The highest BCUT2D eigenvalue weighted by Crippen LogP contribution is 2.16. The molecule has 2 rings (SSSR count). The molecule has 1 aromatic heterocycles. The maximum absolute atomic E-state index is 12.1. The monoisotopic (exact) mass is 253 g/mol. The van der Waals surface area contributed by atoms with Gasteiger partial charge in [-0.1, -0.05) is 36.4 Å². The predicted molar refractivity (Wildman–Crippen MR) is 77.0 cm³/mol. The SMILES string of the molecule is CC(C(=O)CCCc1ccccc1)c1ccccn1. The van der Waals surface area contributed by atoms with Crippen molar-refractivity contribution in [2.75, 3.05) is 0 Å². The third kappa shape index (κ3) is 4.02. The number of carbonyl (C=O) groups excluding carboxylic acids is 1. The summed E-state index contributed by atoms with van der Waals surface area (Å²) in [5.41, 5.74) is 2.16. The number of carbonyl (C=O) groups is 1. The molecule has 1 aromatic carbocycles. The van der Waals surface area contributed by atoms with Gasteiger partial charge in [-0.25, -0.2) is 0 Å². The van der Waals surface area contributed by atoms with Gasteiger partial charge in [0.1, 0.15) is 5.78 Å². The molecule has 0 aliphatic carbocycles. The maximum Gasteiger partial charge on any atom is 0.141 e. The number of pyridine rings is 1. The van der Waals surface area contributed by atoms with Gasteiger partial charge in [0, 0.05) is 12.6 Å². The molecule has 2 heteroatoms. The second-order valence-corrected chi connectivity index (χ2v) is 4.78. The van der Waals surface area contributed by atoms with Crippen molar-refractivity contribution in [3.05, 3.63) is 66.0 Å². The molecule has 1 heterocycles. The standard InChI is InChI=1S/C17H19NO/c1-14(16-11-5-6-13-18-16)17(19)12-7-10-15-8-3-2-4-9-15/h2-6,8-9,11,13-14H,7,10,12H2,1H3. The zero-order chi connectivity index (χ0) is 13.5. The molecule has 2 aromatic rings. The Bertz CT molecular complexity index is 507. The lowest BCUT2D eigenvalue weighted by atomic mass is 9.96. The van der Waals surface area contributed by atoms with E-state index in [1.807, 2.05) is 43.3 Å². The van der Waals surface area contributed by atoms with Crippen LogP contribution in [0.1, 0.15) is 36.9 Å². The summed E-state index contributed by atoms with van der Waals surface area (Å²) < 4.78 is 0. The van der Waals surface area contributed by atoms with E-state index in [1.54, 1.807) is 6.20 Å². The Hall–Kier alpha value is -1.96. The van der Waals surface area contributed by atoms with Gasteiger partial charge in [0.2, 0.25) is 0 Å². The minimum Gasteiger partial charge on any atom is -0.299 e. The third-order valence-corrected chi connectivity index (χ3v) is 3.35. The Morgan fingerprint density at radius 3 is 2.53 bits per heavy atom. The number of hydrogen-bond donors (Lipinski definition) is 0. The quantitative estimate of drug-likeness (QED) is 0.784. The highest BCUT2D eigenvalue weighted by molar-refractivity contribution is 5.84. The van der Waals surface area contributed by atoms with Crippen LogP contribution in [0.3, 0.4) is 0 Å². The van der Waals surface area contributed by atoms with Crippen LogP contribution < -0.4 is 0 Å². The van der Waals surface area contributed by atoms with Crippen molar-refractivity contribution in [3.8, 4) is 0 Å². The number of aryl methyl sites for hydroxylation is 1. The lowest BCUT2D eigenvalue weighted by Gasteiger charge is -2.09. The van der Waals surface area contributed by atoms with E-state index in [4.69, 9.17) is 0 Å². The number of rotatable bonds is 6. The summed E-state index contributed by atoms with van der Waals surface area (Å²) in [6, 6.07) is 16.0. The lowest BCUT2D eigenvalue weighted by molar-refractivity contribution is -0.120. The van der Waals surface area contributed by atoms with Crippen molar-refractivity contribution in [3.63, 3.8) is 0 Å². The van der Waals surface area contributed by atoms with Gasteiger partial charge in [-0.3, -0.25) is 9.78 Å². The lowest BCUT2D eigenvalue weighted by Crippen LogP contribution is -2.10. The molecule has 2 nitrogen and oxygen atoms in total. The molecule has 0 fully saturated rings. The van der Waals surface area contributed by atoms with E-state index >= 15 is 0 Å². The Balaban J connectivity index is 1.82. The van der Waals surface area contributed by atoms with Crippen LogP contribution in [0.2, 0.25) is 0 Å². The molecule has 1 unspecified atom stereocenters. The number of aromatic nitrogens is 1. The fourth-order valence-corrected chi connectivity index (χ4v) is 2.12. The van der Waals surface area contributed by atoms with Crippen molar-refractivity contribution in [1.82, 2.24) is 4.98 Å². The fraction of sp³-hybridized carbons (Fsp3) is 0.294. The molecule has 0 spiro atoms. The first kappa shape index (κ1) is 13.5. The zero-order valence-electron chi connectivity index (χ0n) is 11.3. The second-order valence-electron chi connectivity index (χ2n) is 4.78. The topological polar surface area (TPSA) is 30.0 Å². The number of Topliss-reactive ketones (excluding diaryl/α,β-unsaturated/α-hetero) is 1. The van der Waals surface area contributed by atoms with Crippen LogP contribution in [-0.2, 0) is 11.2 Å². The Morgan fingerprint density at radius 2 is 1.84 bits per heavy atom. The Labute approximate surface area is 114 Å². The molecule has 1 atom stereocenters. The van der Waals surface area contributed by atoms with Gasteiger partial charge in [0.25, 0.3) is 0 Å². The summed E-state index contributed by atoms with van der Waals surface area (Å²) in [7, 11) is 0. The summed E-state index contributed by atoms with van der Waals surface area (Å²) in [5.74, 6) is 0.173. The highest BCUT2D eigenvalue weighted by Gasteiger charge is 2.15. The van der Waals surface area contributed by atoms with E-state index in [2.05, 4.69) is 17.1 Å². The smallest absolute Gasteiger partial charge is 0.141 e. The van der Waals surface area contributed by atoms with Crippen LogP contribution in [-0.4, -0.2) is 10.8 Å². The number of nitrogens with zero attached hydrogens (tertiary/aromatic N) is 1. The van der Waals surface area contributed by atoms with E-state index < -0.39 is 0 Å². The van der Waals surface area contributed by atoms with E-state index in [0.29, 0.717) is 6.42 Å². The third-order valence-electron chi connectivity index (χ3n) is 3.35.